The molecule has 0 aromatic heterocycles. The summed E-state index contributed by atoms with van der Waals surface area (Å²) in [5.74, 6) is -2.45. The van der Waals surface area contributed by atoms with Crippen LogP contribution in [0.1, 0.15) is 0 Å². The lowest BCUT2D eigenvalue weighted by Gasteiger charge is -2.08. The Bertz CT molecular complexity index is 280. The SMILES string of the molecule is O=C1C=C(Cl)C(=O)C(Cl)C1=O. The Morgan fingerprint density at radius 3 is 2.27 bits per heavy atom. The minimum absolute atomic E-state index is 0.283. The van der Waals surface area contributed by atoms with E-state index in [4.69, 9.17) is 23.2 Å². The number of rotatable bonds is 0. The van der Waals surface area contributed by atoms with E-state index in [9.17, 15) is 14.4 Å². The van der Waals surface area contributed by atoms with Crippen LogP contribution >= 0.6 is 23.2 Å². The summed E-state index contributed by atoms with van der Waals surface area (Å²) in [6.07, 6.45) is 0.783. The second-order valence-corrected chi connectivity index (χ2v) is 2.79. The second-order valence-electron chi connectivity index (χ2n) is 1.95. The van der Waals surface area contributed by atoms with Gasteiger partial charge < -0.3 is 0 Å². The number of carbonyl (C=O) groups is 3. The minimum Gasteiger partial charge on any atom is -0.291 e. The van der Waals surface area contributed by atoms with Crippen molar-refractivity contribution in [3.63, 3.8) is 0 Å². The molecule has 58 valence electrons. The lowest BCUT2D eigenvalue weighted by molar-refractivity contribution is -0.136. The molecule has 0 saturated carbocycles. The molecule has 0 aromatic rings. The summed E-state index contributed by atoms with van der Waals surface area (Å²) in [5.41, 5.74) is 0. The highest BCUT2D eigenvalue weighted by Gasteiger charge is 2.34. The number of hydrogen-bond acceptors (Lipinski definition) is 3. The standard InChI is InChI=1S/C6H2Cl2O3/c7-2-1-3(9)6(11)4(8)5(2)10/h1,4H. The van der Waals surface area contributed by atoms with Gasteiger partial charge in [0.05, 0.1) is 5.03 Å². The number of halogens is 2. The number of alkyl halides is 1. The molecule has 0 aliphatic heterocycles. The van der Waals surface area contributed by atoms with Crippen molar-refractivity contribution in [1.82, 2.24) is 0 Å². The monoisotopic (exact) mass is 192 g/mol. The van der Waals surface area contributed by atoms with E-state index in [-0.39, 0.29) is 5.03 Å². The van der Waals surface area contributed by atoms with E-state index >= 15 is 0 Å². The predicted molar refractivity (Wildman–Crippen MR) is 38.6 cm³/mol. The van der Waals surface area contributed by atoms with E-state index in [1.807, 2.05) is 0 Å². The van der Waals surface area contributed by atoms with Crippen LogP contribution in [-0.2, 0) is 14.4 Å². The molecule has 1 rings (SSSR count). The molecule has 5 heteroatoms. The van der Waals surface area contributed by atoms with Gasteiger partial charge in [0.2, 0.25) is 11.6 Å². The molecule has 0 N–H and O–H groups in total. The number of ketones is 3. The molecule has 1 atom stereocenters. The molecule has 0 heterocycles. The zero-order chi connectivity index (χ0) is 8.59. The van der Waals surface area contributed by atoms with Gasteiger partial charge in [-0.15, -0.1) is 11.6 Å². The van der Waals surface area contributed by atoms with Gasteiger partial charge in [-0.2, -0.15) is 0 Å². The molecule has 11 heavy (non-hydrogen) atoms. The van der Waals surface area contributed by atoms with E-state index in [2.05, 4.69) is 0 Å². The highest BCUT2D eigenvalue weighted by molar-refractivity contribution is 6.66. The number of carbonyl (C=O) groups excluding carboxylic acids is 3. The minimum atomic E-state index is -1.43. The molecular weight excluding hydrogens is 191 g/mol. The van der Waals surface area contributed by atoms with Gasteiger partial charge in [-0.25, -0.2) is 0 Å². The zero-order valence-corrected chi connectivity index (χ0v) is 6.65. The summed E-state index contributed by atoms with van der Waals surface area (Å²) in [4.78, 5) is 32.1. The van der Waals surface area contributed by atoms with Crippen LogP contribution in [0.25, 0.3) is 0 Å². The van der Waals surface area contributed by atoms with Crippen molar-refractivity contribution in [2.45, 2.75) is 5.38 Å². The fourth-order valence-electron chi connectivity index (χ4n) is 0.622. The number of allylic oxidation sites excluding steroid dienone is 2. The predicted octanol–water partition coefficient (Wildman–Crippen LogP) is 0.437. The molecule has 0 aromatic carbocycles. The molecule has 1 aliphatic carbocycles. The smallest absolute Gasteiger partial charge is 0.228 e. The quantitative estimate of drug-likeness (QED) is 0.318. The van der Waals surface area contributed by atoms with Crippen LogP contribution in [0.5, 0.6) is 0 Å². The van der Waals surface area contributed by atoms with Gasteiger partial charge in [0, 0.05) is 6.08 Å². The fourth-order valence-corrected chi connectivity index (χ4v) is 1.11. The van der Waals surface area contributed by atoms with Gasteiger partial charge in [-0.05, 0) is 0 Å². The third kappa shape index (κ3) is 1.34. The summed E-state index contributed by atoms with van der Waals surface area (Å²) in [6, 6.07) is 0. The van der Waals surface area contributed by atoms with Crippen LogP contribution < -0.4 is 0 Å². The van der Waals surface area contributed by atoms with Crippen LogP contribution in [0.15, 0.2) is 11.1 Å². The van der Waals surface area contributed by atoms with Crippen LogP contribution in [-0.4, -0.2) is 22.7 Å². The lowest BCUT2D eigenvalue weighted by Crippen LogP contribution is -2.34. The Balaban J connectivity index is 3.11. The maximum absolute atomic E-state index is 10.8. The van der Waals surface area contributed by atoms with Gasteiger partial charge in [0.1, 0.15) is 0 Å². The Morgan fingerprint density at radius 1 is 1.18 bits per heavy atom. The van der Waals surface area contributed by atoms with Crippen molar-refractivity contribution in [1.29, 1.82) is 0 Å². The lowest BCUT2D eigenvalue weighted by atomic mass is 10.0. The average Bonchev–Trinajstić information content (AvgIpc) is 1.97. The van der Waals surface area contributed by atoms with Gasteiger partial charge in [0.25, 0.3) is 0 Å². The molecule has 3 nitrogen and oxygen atoms in total. The van der Waals surface area contributed by atoms with Crippen molar-refractivity contribution in [2.75, 3.05) is 0 Å². The molecule has 0 spiro atoms. The Labute approximate surface area is 72.0 Å². The summed E-state index contributed by atoms with van der Waals surface area (Å²) >= 11 is 10.5. The summed E-state index contributed by atoms with van der Waals surface area (Å²) in [7, 11) is 0. The number of Topliss-reactive ketones (excluding diaryl/α,β-unsaturated/α-hetero) is 2. The van der Waals surface area contributed by atoms with Crippen LogP contribution in [0.3, 0.4) is 0 Å². The molecular formula is C6H2Cl2O3. The Morgan fingerprint density at radius 2 is 1.73 bits per heavy atom. The van der Waals surface area contributed by atoms with E-state index in [0.29, 0.717) is 0 Å². The van der Waals surface area contributed by atoms with Crippen molar-refractivity contribution in [2.24, 2.45) is 0 Å². The van der Waals surface area contributed by atoms with E-state index in [0.717, 1.165) is 6.08 Å². The highest BCUT2D eigenvalue weighted by Crippen LogP contribution is 2.17. The first kappa shape index (κ1) is 8.43. The topological polar surface area (TPSA) is 51.2 Å². The maximum atomic E-state index is 10.8. The van der Waals surface area contributed by atoms with Gasteiger partial charge in [0.15, 0.2) is 11.2 Å². The van der Waals surface area contributed by atoms with Crippen LogP contribution in [0.4, 0.5) is 0 Å². The summed E-state index contributed by atoms with van der Waals surface area (Å²) in [6.45, 7) is 0. The van der Waals surface area contributed by atoms with E-state index < -0.39 is 22.7 Å². The Hall–Kier alpha value is -0.670. The van der Waals surface area contributed by atoms with Crippen LogP contribution in [0.2, 0.25) is 0 Å². The van der Waals surface area contributed by atoms with Gasteiger partial charge in [-0.3, -0.25) is 14.4 Å². The molecule has 1 aliphatic rings. The largest absolute Gasteiger partial charge is 0.291 e. The van der Waals surface area contributed by atoms with Crippen molar-refractivity contribution in [3.8, 4) is 0 Å². The summed E-state index contributed by atoms with van der Waals surface area (Å²) in [5, 5.41) is -1.71. The molecule has 1 unspecified atom stereocenters. The third-order valence-electron chi connectivity index (χ3n) is 1.20. The normalized spacial score (nSPS) is 25.5. The van der Waals surface area contributed by atoms with Gasteiger partial charge in [-0.1, -0.05) is 11.6 Å². The highest BCUT2D eigenvalue weighted by atomic mass is 35.5. The maximum Gasteiger partial charge on any atom is 0.228 e. The third-order valence-corrected chi connectivity index (χ3v) is 1.89. The van der Waals surface area contributed by atoms with Gasteiger partial charge >= 0.3 is 0 Å². The van der Waals surface area contributed by atoms with Crippen molar-refractivity contribution < 1.29 is 14.4 Å². The van der Waals surface area contributed by atoms with Crippen LogP contribution in [0, 0.1) is 0 Å². The van der Waals surface area contributed by atoms with Crippen molar-refractivity contribution in [3.05, 3.63) is 11.1 Å². The summed E-state index contributed by atoms with van der Waals surface area (Å²) < 4.78 is 0. The first-order chi connectivity index (χ1) is 5.04. The molecule has 0 saturated heterocycles. The molecule has 0 bridgehead atoms. The molecule has 0 amide bonds. The van der Waals surface area contributed by atoms with Crippen molar-refractivity contribution >= 4 is 40.6 Å². The first-order valence-electron chi connectivity index (χ1n) is 2.67. The molecule has 0 radical (unpaired) electrons. The number of hydrogen-bond donors (Lipinski definition) is 0. The van der Waals surface area contributed by atoms with E-state index in [1.165, 1.54) is 0 Å². The van der Waals surface area contributed by atoms with E-state index in [1.54, 1.807) is 0 Å². The fraction of sp³-hybridized carbons (Fsp3) is 0.167. The second kappa shape index (κ2) is 2.75. The molecule has 0 fully saturated rings. The first-order valence-corrected chi connectivity index (χ1v) is 3.49. The zero-order valence-electron chi connectivity index (χ0n) is 5.14. The Kier molecular flexibility index (Phi) is 2.11. The average molecular weight is 193 g/mol.